The zero-order chi connectivity index (χ0) is 10.3. The minimum Gasteiger partial charge on any atom is -1.00 e. The first-order valence-corrected chi connectivity index (χ1v) is 4.78. The molecule has 0 aromatic carbocycles. The van der Waals surface area contributed by atoms with Gasteiger partial charge in [-0.1, -0.05) is 0 Å². The highest BCUT2D eigenvalue weighted by Gasteiger charge is 2.31. The van der Waals surface area contributed by atoms with E-state index in [-0.39, 0.29) is 24.0 Å². The van der Waals surface area contributed by atoms with Crippen molar-refractivity contribution < 1.29 is 24.0 Å². The first-order chi connectivity index (χ1) is 6.51. The van der Waals surface area contributed by atoms with Gasteiger partial charge in [0.15, 0.2) is 6.67 Å². The molecule has 0 amide bonds. The number of quaternary nitrogens is 1. The predicted octanol–water partition coefficient (Wildman–Crippen LogP) is -1.97. The average Bonchev–Trinajstić information content (AvgIpc) is 2.60. The van der Waals surface area contributed by atoms with E-state index in [1.807, 2.05) is 13.3 Å². The minimum absolute atomic E-state index is 0. The molecule has 1 aliphatic rings. The Balaban J connectivity index is 0.00000112. The van der Waals surface area contributed by atoms with Gasteiger partial charge in [-0.25, -0.2) is 4.98 Å². The molecule has 0 fully saturated rings. The molecule has 0 N–H and O–H groups in total. The van der Waals surface area contributed by atoms with Crippen LogP contribution in [0.3, 0.4) is 0 Å². The third kappa shape index (κ3) is 2.17. The van der Waals surface area contributed by atoms with Gasteiger partial charge in [0.25, 0.3) is 0 Å². The van der Waals surface area contributed by atoms with E-state index < -0.39 is 0 Å². The van der Waals surface area contributed by atoms with Crippen LogP contribution >= 0.6 is 0 Å². The van der Waals surface area contributed by atoms with E-state index in [1.54, 1.807) is 0 Å². The quantitative estimate of drug-likeness (QED) is 0.442. The fourth-order valence-corrected chi connectivity index (χ4v) is 1.88. The molecule has 0 bridgehead atoms. The van der Waals surface area contributed by atoms with Crippen LogP contribution in [0.5, 0.6) is 0 Å². The van der Waals surface area contributed by atoms with Crippen molar-refractivity contribution >= 4 is 0 Å². The van der Waals surface area contributed by atoms with Crippen LogP contribution in [0, 0.1) is 6.92 Å². The van der Waals surface area contributed by atoms with Crippen molar-refractivity contribution in [3.8, 4) is 0 Å². The molecule has 1 unspecified atom stereocenters. The van der Waals surface area contributed by atoms with Gasteiger partial charge >= 0.3 is 0 Å². The van der Waals surface area contributed by atoms with Gasteiger partial charge in [-0.2, -0.15) is 9.27 Å². The van der Waals surface area contributed by atoms with Crippen LogP contribution in [-0.4, -0.2) is 35.3 Å². The van der Waals surface area contributed by atoms with Crippen molar-refractivity contribution in [2.45, 2.75) is 13.8 Å². The molecule has 15 heavy (non-hydrogen) atoms. The molecule has 1 aromatic rings. The number of allylic oxidation sites excluding steroid dienone is 1. The average molecular weight is 320 g/mol. The van der Waals surface area contributed by atoms with Gasteiger partial charge in [0.05, 0.1) is 24.6 Å². The lowest BCUT2D eigenvalue weighted by molar-refractivity contribution is -0.00000348. The highest BCUT2D eigenvalue weighted by Crippen LogP contribution is 2.18. The lowest BCUT2D eigenvalue weighted by atomic mass is 10.5. The summed E-state index contributed by atoms with van der Waals surface area (Å²) < 4.78 is 2.88. The molecule has 84 valence electrons. The molecule has 4 nitrogen and oxygen atoms in total. The van der Waals surface area contributed by atoms with Crippen LogP contribution in [0.15, 0.2) is 24.4 Å². The van der Waals surface area contributed by atoms with Crippen molar-refractivity contribution in [1.82, 2.24) is 19.2 Å². The minimum atomic E-state index is 0. The van der Waals surface area contributed by atoms with Gasteiger partial charge in [-0.15, -0.1) is 0 Å². The third-order valence-electron chi connectivity index (χ3n) is 2.79. The van der Waals surface area contributed by atoms with Crippen molar-refractivity contribution in [2.75, 3.05) is 20.8 Å². The highest BCUT2D eigenvalue weighted by atomic mass is 127. The number of rotatable bonds is 1. The predicted molar refractivity (Wildman–Crippen MR) is 56.8 cm³/mol. The number of hydrogen-bond donors (Lipinski definition) is 0. The Morgan fingerprint density at radius 2 is 2.07 bits per heavy atom. The van der Waals surface area contributed by atoms with Crippen molar-refractivity contribution in [2.24, 2.45) is 0 Å². The molecular weight excluding hydrogens is 303 g/mol. The van der Waals surface area contributed by atoms with Crippen LogP contribution in [0.1, 0.15) is 12.6 Å². The largest absolute Gasteiger partial charge is 1.00 e. The zero-order valence-electron chi connectivity index (χ0n) is 9.61. The maximum absolute atomic E-state index is 4.26. The second kappa shape index (κ2) is 4.13. The Bertz CT molecular complexity index is 385. The number of nitrogens with zero attached hydrogens (tertiary/aromatic N) is 4. The molecule has 0 aliphatic carbocycles. The first-order valence-electron chi connectivity index (χ1n) is 4.78. The van der Waals surface area contributed by atoms with Gasteiger partial charge in [0.1, 0.15) is 12.5 Å². The van der Waals surface area contributed by atoms with E-state index in [9.17, 15) is 0 Å². The third-order valence-corrected chi connectivity index (χ3v) is 2.79. The summed E-state index contributed by atoms with van der Waals surface area (Å²) in [6.07, 6.45) is 6.20. The van der Waals surface area contributed by atoms with Gasteiger partial charge in [0, 0.05) is 7.05 Å². The number of aromatic nitrogens is 2. The maximum Gasteiger partial charge on any atom is 0.181 e. The Labute approximate surface area is 108 Å². The Hall–Kier alpha value is -0.560. The van der Waals surface area contributed by atoms with Crippen molar-refractivity contribution in [1.29, 1.82) is 0 Å². The normalized spacial score (nSPS) is 25.1. The van der Waals surface area contributed by atoms with E-state index in [0.29, 0.717) is 0 Å². The summed E-state index contributed by atoms with van der Waals surface area (Å²) in [5, 5.41) is 0. The summed E-state index contributed by atoms with van der Waals surface area (Å²) in [5.74, 6) is 0. The Kier molecular flexibility index (Phi) is 3.44. The Morgan fingerprint density at radius 1 is 1.40 bits per heavy atom. The van der Waals surface area contributed by atoms with Crippen LogP contribution in [0.4, 0.5) is 0 Å². The topological polar surface area (TPSA) is 21.1 Å². The second-order valence-corrected chi connectivity index (χ2v) is 4.22. The van der Waals surface area contributed by atoms with Gasteiger partial charge in [-0.05, 0) is 13.8 Å². The monoisotopic (exact) mass is 320 g/mol. The van der Waals surface area contributed by atoms with Gasteiger partial charge < -0.3 is 28.9 Å². The van der Waals surface area contributed by atoms with E-state index >= 15 is 0 Å². The number of halogens is 1. The van der Waals surface area contributed by atoms with Crippen molar-refractivity contribution in [3.05, 3.63) is 30.1 Å². The van der Waals surface area contributed by atoms with Crippen molar-refractivity contribution in [3.63, 3.8) is 0 Å². The molecule has 5 heteroatoms. The molecule has 0 saturated carbocycles. The van der Waals surface area contributed by atoms with E-state index in [1.165, 1.54) is 5.70 Å². The summed E-state index contributed by atoms with van der Waals surface area (Å²) in [7, 11) is 4.28. The Morgan fingerprint density at radius 3 is 2.47 bits per heavy atom. The van der Waals surface area contributed by atoms with Crippen LogP contribution < -0.4 is 28.6 Å². The number of aryl methyl sites for hydroxylation is 1. The van der Waals surface area contributed by atoms with E-state index in [4.69, 9.17) is 0 Å². The fraction of sp³-hybridized carbons (Fsp3) is 0.500. The lowest BCUT2D eigenvalue weighted by Crippen LogP contribution is -3.00. The molecule has 1 aromatic heterocycles. The molecule has 1 aliphatic heterocycles. The van der Waals surface area contributed by atoms with Gasteiger partial charge in [-0.3, -0.25) is 0 Å². The molecular formula is C10H17IN4. The molecule has 2 heterocycles. The standard InChI is InChI=1S/C10H17N4.HI/c1-9-5-13(7-11-9)14(4)6-10(2)12(3)8-14;/h5-7H,8H2,1-4H3;1H/q+1;/p-1. The SMILES string of the molecule is CC1=C[N+](C)(n2cnc(C)c2)CN1C.[I-]. The molecule has 2 rings (SSSR count). The highest BCUT2D eigenvalue weighted by molar-refractivity contribution is 5.11. The molecule has 1 atom stereocenters. The van der Waals surface area contributed by atoms with Gasteiger partial charge in [0.2, 0.25) is 0 Å². The summed E-state index contributed by atoms with van der Waals surface area (Å²) in [6, 6.07) is 0. The number of imidazole rings is 1. The van der Waals surface area contributed by atoms with Crippen LogP contribution in [-0.2, 0) is 0 Å². The lowest BCUT2D eigenvalue weighted by Gasteiger charge is -2.26. The summed E-state index contributed by atoms with van der Waals surface area (Å²) >= 11 is 0. The summed E-state index contributed by atoms with van der Waals surface area (Å²) in [6.45, 7) is 5.11. The number of hydrogen-bond acceptors (Lipinski definition) is 2. The molecule has 0 radical (unpaired) electrons. The first kappa shape index (κ1) is 12.5. The smallest absolute Gasteiger partial charge is 0.181 e. The fourth-order valence-electron chi connectivity index (χ4n) is 1.88. The van der Waals surface area contributed by atoms with Crippen LogP contribution in [0.2, 0.25) is 0 Å². The van der Waals surface area contributed by atoms with Crippen LogP contribution in [0.25, 0.3) is 0 Å². The summed E-state index contributed by atoms with van der Waals surface area (Å²) in [4.78, 5) is 6.50. The molecule has 0 spiro atoms. The maximum atomic E-state index is 4.26. The second-order valence-electron chi connectivity index (χ2n) is 4.22. The van der Waals surface area contributed by atoms with E-state index in [2.05, 4.69) is 48.0 Å². The summed E-state index contributed by atoms with van der Waals surface area (Å²) in [5.41, 5.74) is 2.36. The molecule has 0 saturated heterocycles. The van der Waals surface area contributed by atoms with E-state index in [0.717, 1.165) is 17.0 Å². The zero-order valence-corrected chi connectivity index (χ0v) is 11.8.